The number of aliphatic hydroxyl groups excluding tert-OH is 3. The van der Waals surface area contributed by atoms with Crippen molar-refractivity contribution in [1.82, 2.24) is 10.3 Å². The summed E-state index contributed by atoms with van der Waals surface area (Å²) in [5, 5.41) is 58.3. The number of aromatic nitrogens is 1. The minimum atomic E-state index is -1.81. The lowest BCUT2D eigenvalue weighted by atomic mass is 9.22. The van der Waals surface area contributed by atoms with Crippen molar-refractivity contribution in [3.63, 3.8) is 0 Å². The van der Waals surface area contributed by atoms with Gasteiger partial charge in [-0.25, -0.2) is 4.79 Å². The van der Waals surface area contributed by atoms with Crippen molar-refractivity contribution in [2.75, 3.05) is 13.7 Å². The number of aromatic amines is 1. The number of rotatable bonds is 10. The largest absolute Gasteiger partial charge is 0.481 e. The summed E-state index contributed by atoms with van der Waals surface area (Å²) in [6, 6.07) is -0.351. The Morgan fingerprint density at radius 1 is 0.938 bits per heavy atom. The van der Waals surface area contributed by atoms with E-state index in [0.29, 0.717) is 32.3 Å². The molecule has 6 saturated carbocycles. The van der Waals surface area contributed by atoms with Gasteiger partial charge in [-0.15, -0.1) is 0 Å². The molecule has 1 aromatic heterocycles. The Kier molecular flexibility index (Phi) is 9.90. The number of carboxylic acids is 2. The first-order chi connectivity index (χ1) is 30.8. The van der Waals surface area contributed by atoms with Crippen molar-refractivity contribution in [2.45, 2.75) is 161 Å². The summed E-state index contributed by atoms with van der Waals surface area (Å²) in [5.74, 6) is -1.73. The number of hydrogen-bond donors (Lipinski definition) is 7. The van der Waals surface area contributed by atoms with Gasteiger partial charge in [0.15, 0.2) is 12.4 Å². The Hall–Kier alpha value is -3.07. The third-order valence-corrected chi connectivity index (χ3v) is 22.0. The fourth-order valence-electron chi connectivity index (χ4n) is 19.7. The predicted octanol–water partition coefficient (Wildman–Crippen LogP) is 5.81. The third-order valence-electron chi connectivity index (χ3n) is 22.0. The number of H-pyrrole nitrogens is 1. The topological polar surface area (TPSA) is 208 Å². The van der Waals surface area contributed by atoms with Gasteiger partial charge in [-0.05, 0) is 146 Å². The number of methoxy groups -OCH3 is 1. The monoisotopic (exact) mass is 901 g/mol. The van der Waals surface area contributed by atoms with Gasteiger partial charge in [0.2, 0.25) is 5.91 Å². The van der Waals surface area contributed by atoms with Crippen LogP contribution in [-0.4, -0.2) is 105 Å². The molecule has 8 fully saturated rings. The number of carbonyl (C=O) groups excluding carboxylic acids is 1. The number of allylic oxidation sites excluding steroid dienone is 2. The summed E-state index contributed by atoms with van der Waals surface area (Å²) in [7, 11) is 1.69. The molecule has 13 nitrogen and oxygen atoms in total. The highest BCUT2D eigenvalue weighted by Gasteiger charge is 2.85. The zero-order chi connectivity index (χ0) is 46.0. The molecule has 13 heteroatoms. The third kappa shape index (κ3) is 5.19. The summed E-state index contributed by atoms with van der Waals surface area (Å²) in [6.07, 6.45) is 12.9. The van der Waals surface area contributed by atoms with Crippen LogP contribution in [0.5, 0.6) is 0 Å². The smallest absolute Gasteiger partial charge is 0.335 e. The van der Waals surface area contributed by atoms with E-state index in [9.17, 15) is 35.1 Å². The first kappa shape index (κ1) is 44.4. The molecule has 8 aliphatic carbocycles. The minimum Gasteiger partial charge on any atom is -0.481 e. The number of ether oxygens (including phenoxy) is 3. The van der Waals surface area contributed by atoms with Gasteiger partial charge in [-0.1, -0.05) is 58.4 Å². The summed E-state index contributed by atoms with van der Waals surface area (Å²) < 4.78 is 18.6. The summed E-state index contributed by atoms with van der Waals surface area (Å²) in [6.45, 7) is 12.0. The Morgan fingerprint density at radius 3 is 2.42 bits per heavy atom. The number of nitrogens with one attached hydrogen (secondary N) is 2. The van der Waals surface area contributed by atoms with E-state index >= 15 is 4.79 Å². The first-order valence-electron chi connectivity index (χ1n) is 25.0. The van der Waals surface area contributed by atoms with Gasteiger partial charge in [0, 0.05) is 48.2 Å². The van der Waals surface area contributed by atoms with Crippen LogP contribution in [0.2, 0.25) is 0 Å². The van der Waals surface area contributed by atoms with Gasteiger partial charge in [-0.3, -0.25) is 9.59 Å². The normalized spacial score (nSPS) is 51.8. The molecule has 3 bridgehead atoms. The molecule has 0 radical (unpaired) electrons. The molecule has 1 aromatic rings. The second kappa shape index (κ2) is 14.5. The molecule has 7 N–H and O–H groups in total. The van der Waals surface area contributed by atoms with Crippen molar-refractivity contribution in [3.8, 4) is 0 Å². The van der Waals surface area contributed by atoms with Crippen LogP contribution in [0, 0.1) is 79.3 Å². The fourth-order valence-corrected chi connectivity index (χ4v) is 19.7. The maximum absolute atomic E-state index is 15.5. The maximum Gasteiger partial charge on any atom is 0.335 e. The molecule has 2 spiro atoms. The predicted molar refractivity (Wildman–Crippen MR) is 237 cm³/mol. The van der Waals surface area contributed by atoms with E-state index in [1.807, 2.05) is 0 Å². The molecule has 20 atom stereocenters. The lowest BCUT2D eigenvalue weighted by molar-refractivity contribution is -0.343. The van der Waals surface area contributed by atoms with Crippen LogP contribution in [0.4, 0.5) is 0 Å². The molecule has 65 heavy (non-hydrogen) atoms. The van der Waals surface area contributed by atoms with E-state index in [2.05, 4.69) is 75.5 Å². The average molecular weight is 901 g/mol. The van der Waals surface area contributed by atoms with Crippen LogP contribution in [0.3, 0.4) is 0 Å². The Morgan fingerprint density at radius 2 is 1.69 bits per heavy atom. The fraction of sp³-hybridized carbons (Fsp3) is 0.788. The zero-order valence-corrected chi connectivity index (χ0v) is 39.1. The van der Waals surface area contributed by atoms with E-state index < -0.39 is 70.4 Å². The van der Waals surface area contributed by atoms with E-state index in [1.54, 1.807) is 7.11 Å². The Labute approximate surface area is 382 Å². The van der Waals surface area contributed by atoms with Crippen LogP contribution in [0.25, 0.3) is 0 Å². The quantitative estimate of drug-likeness (QED) is 0.110. The molecular weight excluding hydrogens is 829 g/mol. The number of carboxylic acid groups (broad SMARTS) is 2. The Bertz CT molecular complexity index is 2220. The Balaban J connectivity index is 1.11. The average Bonchev–Trinajstić information content (AvgIpc) is 3.70. The lowest BCUT2D eigenvalue weighted by Gasteiger charge is -2.81. The van der Waals surface area contributed by atoms with Crippen LogP contribution < -0.4 is 5.32 Å². The summed E-state index contributed by atoms with van der Waals surface area (Å²) >= 11 is 0. The molecule has 10 aliphatic rings. The van der Waals surface area contributed by atoms with E-state index in [1.165, 1.54) is 16.7 Å². The van der Waals surface area contributed by atoms with E-state index in [-0.39, 0.29) is 69.6 Å². The lowest BCUT2D eigenvalue weighted by Crippen LogP contribution is -2.78. The van der Waals surface area contributed by atoms with Crippen LogP contribution >= 0.6 is 0 Å². The molecule has 2 saturated heterocycles. The molecule has 3 heterocycles. The van der Waals surface area contributed by atoms with Crippen molar-refractivity contribution < 1.29 is 54.1 Å². The van der Waals surface area contributed by atoms with Crippen LogP contribution in [0.1, 0.15) is 116 Å². The van der Waals surface area contributed by atoms with Crippen molar-refractivity contribution >= 4 is 17.8 Å². The highest BCUT2D eigenvalue weighted by molar-refractivity contribution is 5.86. The number of amides is 1. The molecule has 2 aliphatic heterocycles. The zero-order valence-electron chi connectivity index (χ0n) is 39.1. The van der Waals surface area contributed by atoms with E-state index in [4.69, 9.17) is 14.2 Å². The second-order valence-corrected chi connectivity index (χ2v) is 24.0. The molecule has 1 amide bonds. The van der Waals surface area contributed by atoms with Gasteiger partial charge in [0.05, 0.1) is 18.1 Å². The molecule has 20 unspecified atom stereocenters. The van der Waals surface area contributed by atoms with Crippen LogP contribution in [0.15, 0.2) is 36.2 Å². The number of aliphatic hydroxyl groups is 3. The molecule has 11 rings (SSSR count). The summed E-state index contributed by atoms with van der Waals surface area (Å²) in [5.41, 5.74) is -0.135. The number of hydrogen-bond acceptors (Lipinski definition) is 9. The molecule has 356 valence electrons. The van der Waals surface area contributed by atoms with Gasteiger partial charge >= 0.3 is 11.9 Å². The SMILES string of the molecule is CCc1c[nH]cc1CCC12C3CCC4C=C5C67C=CCC8(C)CC(COC)C6(C(=O)O)CCC56C(CCC(CC1C(C)(C)C(OC1OC(C(=O)O)C(O)C(O)C1O)C3)C6(C)C42)C(=O)NC87. The first-order valence-corrected chi connectivity index (χ1v) is 25.0. The number of carbonyl (C=O) groups is 3. The van der Waals surface area contributed by atoms with Crippen LogP contribution in [-0.2, 0) is 41.4 Å². The van der Waals surface area contributed by atoms with E-state index in [0.717, 1.165) is 57.8 Å². The van der Waals surface area contributed by atoms with Crippen molar-refractivity contribution in [2.24, 2.45) is 79.3 Å². The molecule has 0 aromatic carbocycles. The summed E-state index contributed by atoms with van der Waals surface area (Å²) in [4.78, 5) is 45.7. The molecular formula is C52H72N2O11. The van der Waals surface area contributed by atoms with Gasteiger partial charge in [0.1, 0.15) is 18.3 Å². The van der Waals surface area contributed by atoms with Crippen molar-refractivity contribution in [3.05, 3.63) is 47.3 Å². The van der Waals surface area contributed by atoms with Gasteiger partial charge < -0.3 is 50.0 Å². The van der Waals surface area contributed by atoms with Crippen molar-refractivity contribution in [1.29, 1.82) is 0 Å². The number of aliphatic carboxylic acids is 2. The standard InChI is InChI=1S/C52H72N2O11/c1-7-26-23-53-24-28(26)13-16-49-30-10-9-27-19-34-51-18-17-50(45(61)62)31(25-63-6)22-47(4)14-8-15-52(34,50)44(47)54-41(58)32(51)12-11-29(48(51,5)40(27)49)20-33(49)46(2,3)35(21-30)64-43-38(57)36(55)37(56)39(65-43)42(59)60/h8,15,19,23-24,27,29-33,35-40,43-44,53,55-57H,7,9-14,16-18,20-22,25H2,1-6H3,(H,54,58)(H,59,60)(H,61,62). The highest BCUT2D eigenvalue weighted by atomic mass is 16.7. The number of aryl methyl sites for hydroxylation is 2. The minimum absolute atomic E-state index is 0.104. The highest BCUT2D eigenvalue weighted by Crippen LogP contribution is 2.87. The van der Waals surface area contributed by atoms with Gasteiger partial charge in [-0.2, -0.15) is 0 Å². The van der Waals surface area contributed by atoms with Gasteiger partial charge in [0.25, 0.3) is 0 Å². The second-order valence-electron chi connectivity index (χ2n) is 24.0. The maximum atomic E-state index is 15.5.